The lowest BCUT2D eigenvalue weighted by molar-refractivity contribution is 0.402. The minimum atomic E-state index is 0.558. The van der Waals surface area contributed by atoms with Gasteiger partial charge in [0.15, 0.2) is 0 Å². The van der Waals surface area contributed by atoms with Gasteiger partial charge in [-0.15, -0.1) is 0 Å². The summed E-state index contributed by atoms with van der Waals surface area (Å²) in [6.07, 6.45) is 4.35. The van der Waals surface area contributed by atoms with E-state index >= 15 is 0 Å². The normalized spacial score (nSPS) is 25.3. The highest BCUT2D eigenvalue weighted by molar-refractivity contribution is 5.51. The van der Waals surface area contributed by atoms with E-state index in [1.165, 1.54) is 17.8 Å². The summed E-state index contributed by atoms with van der Waals surface area (Å²) in [5.74, 6) is 0. The van der Waals surface area contributed by atoms with Gasteiger partial charge in [0.2, 0.25) is 0 Å². The van der Waals surface area contributed by atoms with E-state index in [4.69, 9.17) is 0 Å². The third kappa shape index (κ3) is 2.46. The van der Waals surface area contributed by atoms with Gasteiger partial charge < -0.3 is 10.2 Å². The summed E-state index contributed by atoms with van der Waals surface area (Å²) in [4.78, 5) is 2.53. The molecule has 4 heteroatoms. The zero-order valence-corrected chi connectivity index (χ0v) is 11.4. The van der Waals surface area contributed by atoms with E-state index in [2.05, 4.69) is 42.3 Å². The largest absolute Gasteiger partial charge is 0.363 e. The summed E-state index contributed by atoms with van der Waals surface area (Å²) in [5.41, 5.74) is 2.55. The van der Waals surface area contributed by atoms with Crippen LogP contribution in [0.25, 0.3) is 0 Å². The van der Waals surface area contributed by atoms with Crippen LogP contribution in [0.3, 0.4) is 0 Å². The minimum absolute atomic E-state index is 0.558. The number of aromatic nitrogens is 2. The molecule has 1 saturated heterocycles. The fourth-order valence-electron chi connectivity index (χ4n) is 2.63. The molecule has 0 radical (unpaired) electrons. The van der Waals surface area contributed by atoms with Gasteiger partial charge in [0.1, 0.15) is 0 Å². The summed E-state index contributed by atoms with van der Waals surface area (Å²) in [7, 11) is 2.01. The first-order chi connectivity index (χ1) is 8.15. The first-order valence-electron chi connectivity index (χ1n) is 6.68. The summed E-state index contributed by atoms with van der Waals surface area (Å²) < 4.78 is 1.94. The van der Waals surface area contributed by atoms with Gasteiger partial charge in [-0.25, -0.2) is 0 Å². The molecule has 2 rings (SSSR count). The molecule has 2 heterocycles. The highest BCUT2D eigenvalue weighted by Gasteiger charge is 2.27. The van der Waals surface area contributed by atoms with Gasteiger partial charge in [-0.2, -0.15) is 5.10 Å². The van der Waals surface area contributed by atoms with Gasteiger partial charge >= 0.3 is 0 Å². The molecular weight excluding hydrogens is 212 g/mol. The number of piperazine rings is 1. The Bertz CT molecular complexity index is 371. The van der Waals surface area contributed by atoms with Crippen molar-refractivity contribution in [1.29, 1.82) is 0 Å². The number of hydrogen-bond donors (Lipinski definition) is 1. The van der Waals surface area contributed by atoms with Gasteiger partial charge in [-0.1, -0.05) is 13.8 Å². The summed E-state index contributed by atoms with van der Waals surface area (Å²) in [5, 5.41) is 8.11. The molecule has 1 N–H and O–H groups in total. The quantitative estimate of drug-likeness (QED) is 0.864. The number of aryl methyl sites for hydroxylation is 2. The number of nitrogens with zero attached hydrogens (tertiary/aromatic N) is 3. The van der Waals surface area contributed by atoms with E-state index < -0.39 is 0 Å². The topological polar surface area (TPSA) is 33.1 Å². The molecule has 4 nitrogen and oxygen atoms in total. The van der Waals surface area contributed by atoms with E-state index in [1.54, 1.807) is 0 Å². The van der Waals surface area contributed by atoms with Crippen LogP contribution in [0, 0.1) is 0 Å². The first kappa shape index (κ1) is 12.4. The van der Waals surface area contributed by atoms with Crippen molar-refractivity contribution in [3.8, 4) is 0 Å². The lowest BCUT2D eigenvalue weighted by atomic mass is 10.1. The molecule has 0 amide bonds. The van der Waals surface area contributed by atoms with Crippen molar-refractivity contribution in [3.63, 3.8) is 0 Å². The Hall–Kier alpha value is -1.03. The van der Waals surface area contributed by atoms with E-state index in [9.17, 15) is 0 Å². The highest BCUT2D eigenvalue weighted by atomic mass is 15.3. The first-order valence-corrected chi connectivity index (χ1v) is 6.68. The molecule has 1 aromatic heterocycles. The molecule has 1 aliphatic rings. The zero-order chi connectivity index (χ0) is 12.4. The van der Waals surface area contributed by atoms with Crippen molar-refractivity contribution < 1.29 is 0 Å². The van der Waals surface area contributed by atoms with Crippen molar-refractivity contribution in [1.82, 2.24) is 15.1 Å². The third-order valence-electron chi connectivity index (χ3n) is 3.61. The van der Waals surface area contributed by atoms with Crippen LogP contribution >= 0.6 is 0 Å². The molecule has 2 unspecified atom stereocenters. The fourth-order valence-corrected chi connectivity index (χ4v) is 2.63. The average Bonchev–Trinajstić information content (AvgIpc) is 2.70. The molecule has 1 fully saturated rings. The van der Waals surface area contributed by atoms with Crippen LogP contribution < -0.4 is 10.2 Å². The maximum atomic E-state index is 4.55. The standard InChI is InChI=1S/C13H24N4/c1-5-11-7-14-10(3)8-17(11)13-9-16(4)15-12(13)6-2/h9-11,14H,5-8H2,1-4H3. The Kier molecular flexibility index (Phi) is 3.72. The molecule has 0 saturated carbocycles. The molecule has 2 atom stereocenters. The predicted octanol–water partition coefficient (Wildman–Crippen LogP) is 1.56. The fraction of sp³-hybridized carbons (Fsp3) is 0.769. The van der Waals surface area contributed by atoms with Gasteiger partial charge in [0.25, 0.3) is 0 Å². The molecule has 0 spiro atoms. The molecule has 0 aromatic carbocycles. The van der Waals surface area contributed by atoms with Crippen LogP contribution in [0.5, 0.6) is 0 Å². The molecule has 17 heavy (non-hydrogen) atoms. The van der Waals surface area contributed by atoms with E-state index in [-0.39, 0.29) is 0 Å². The summed E-state index contributed by atoms with van der Waals surface area (Å²) >= 11 is 0. The average molecular weight is 236 g/mol. The Labute approximate surface area is 104 Å². The highest BCUT2D eigenvalue weighted by Crippen LogP contribution is 2.25. The van der Waals surface area contributed by atoms with Gasteiger partial charge in [-0.05, 0) is 19.8 Å². The second-order valence-corrected chi connectivity index (χ2v) is 5.01. The second kappa shape index (κ2) is 5.08. The van der Waals surface area contributed by atoms with Crippen molar-refractivity contribution in [3.05, 3.63) is 11.9 Å². The van der Waals surface area contributed by atoms with E-state index in [0.717, 1.165) is 19.5 Å². The van der Waals surface area contributed by atoms with Gasteiger partial charge in [0.05, 0.1) is 11.4 Å². The maximum Gasteiger partial charge on any atom is 0.0855 e. The predicted molar refractivity (Wildman–Crippen MR) is 71.5 cm³/mol. The number of rotatable bonds is 3. The van der Waals surface area contributed by atoms with E-state index in [1.807, 2.05) is 11.7 Å². The molecule has 1 aromatic rings. The third-order valence-corrected chi connectivity index (χ3v) is 3.61. The van der Waals surface area contributed by atoms with Crippen LogP contribution in [0.2, 0.25) is 0 Å². The van der Waals surface area contributed by atoms with Crippen LogP contribution in [-0.4, -0.2) is 35.0 Å². The second-order valence-electron chi connectivity index (χ2n) is 5.01. The SMILES string of the molecule is CCc1nn(C)cc1N1CC(C)NCC1CC. The molecule has 0 bridgehead atoms. The van der Waals surface area contributed by atoms with Crippen molar-refractivity contribution in [2.45, 2.75) is 45.7 Å². The van der Waals surface area contributed by atoms with E-state index in [0.29, 0.717) is 12.1 Å². The van der Waals surface area contributed by atoms with Crippen LogP contribution in [0.1, 0.15) is 32.9 Å². The minimum Gasteiger partial charge on any atom is -0.363 e. The smallest absolute Gasteiger partial charge is 0.0855 e. The monoisotopic (exact) mass is 236 g/mol. The Morgan fingerprint density at radius 1 is 1.47 bits per heavy atom. The molecule has 1 aliphatic heterocycles. The maximum absolute atomic E-state index is 4.55. The van der Waals surface area contributed by atoms with Crippen molar-refractivity contribution in [2.75, 3.05) is 18.0 Å². The lowest BCUT2D eigenvalue weighted by Crippen LogP contribution is -2.55. The molecule has 96 valence electrons. The summed E-state index contributed by atoms with van der Waals surface area (Å²) in [6, 6.07) is 1.16. The van der Waals surface area contributed by atoms with Crippen molar-refractivity contribution >= 4 is 5.69 Å². The number of nitrogens with one attached hydrogen (secondary N) is 1. The lowest BCUT2D eigenvalue weighted by Gasteiger charge is -2.40. The van der Waals surface area contributed by atoms with Crippen LogP contribution in [0.4, 0.5) is 5.69 Å². The number of anilines is 1. The van der Waals surface area contributed by atoms with Gasteiger partial charge in [-0.3, -0.25) is 4.68 Å². The summed E-state index contributed by atoms with van der Waals surface area (Å²) in [6.45, 7) is 8.85. The Balaban J connectivity index is 2.28. The number of hydrogen-bond acceptors (Lipinski definition) is 3. The van der Waals surface area contributed by atoms with Crippen molar-refractivity contribution in [2.24, 2.45) is 7.05 Å². The van der Waals surface area contributed by atoms with Gasteiger partial charge in [0, 0.05) is 38.4 Å². The zero-order valence-electron chi connectivity index (χ0n) is 11.4. The van der Waals surface area contributed by atoms with Crippen LogP contribution in [0.15, 0.2) is 6.20 Å². The van der Waals surface area contributed by atoms with Crippen LogP contribution in [-0.2, 0) is 13.5 Å². The Morgan fingerprint density at radius 3 is 2.88 bits per heavy atom. The Morgan fingerprint density at radius 2 is 2.24 bits per heavy atom. The molecule has 0 aliphatic carbocycles. The molecular formula is C13H24N4.